The molecule has 0 nitrogen and oxygen atoms in total. The van der Waals surface area contributed by atoms with E-state index in [2.05, 4.69) is 75.4 Å². The molecule has 0 aliphatic rings. The van der Waals surface area contributed by atoms with Crippen molar-refractivity contribution < 1.29 is 0 Å². The van der Waals surface area contributed by atoms with Crippen LogP contribution >= 0.6 is 11.3 Å². The van der Waals surface area contributed by atoms with Gasteiger partial charge in [-0.1, -0.05) is 63.2 Å². The molecular formula is C20H18S. The second-order valence-corrected chi connectivity index (χ2v) is 7.81. The SMILES string of the molecule is CC(C)(C)c1ccc2c(c1)sc1ccc3ccccc3c12. The Hall–Kier alpha value is -1.86. The van der Waals surface area contributed by atoms with Gasteiger partial charge in [0.25, 0.3) is 0 Å². The van der Waals surface area contributed by atoms with Crippen LogP contribution in [0.15, 0.2) is 54.6 Å². The van der Waals surface area contributed by atoms with E-state index >= 15 is 0 Å². The number of hydrogen-bond donors (Lipinski definition) is 0. The standard InChI is InChI=1S/C20H18S/c1-20(2,3)14-9-10-16-18(12-14)21-17-11-8-13-6-4-5-7-15(13)19(16)17/h4-12H,1-3H3. The van der Waals surface area contributed by atoms with Crippen molar-refractivity contribution in [3.05, 3.63) is 60.2 Å². The molecule has 0 aliphatic heterocycles. The third kappa shape index (κ3) is 1.96. The smallest absolute Gasteiger partial charge is 0.0361 e. The van der Waals surface area contributed by atoms with Crippen LogP contribution in [0.25, 0.3) is 30.9 Å². The third-order valence-corrected chi connectivity index (χ3v) is 5.35. The monoisotopic (exact) mass is 290 g/mol. The van der Waals surface area contributed by atoms with Gasteiger partial charge in [-0.3, -0.25) is 0 Å². The van der Waals surface area contributed by atoms with Crippen LogP contribution in [-0.4, -0.2) is 0 Å². The first-order valence-corrected chi connectivity index (χ1v) is 8.20. The maximum atomic E-state index is 2.37. The third-order valence-electron chi connectivity index (χ3n) is 4.23. The van der Waals surface area contributed by atoms with E-state index in [9.17, 15) is 0 Å². The van der Waals surface area contributed by atoms with Crippen molar-refractivity contribution in [2.24, 2.45) is 0 Å². The number of thiophene rings is 1. The normalized spacial score (nSPS) is 12.5. The Morgan fingerprint density at radius 1 is 0.762 bits per heavy atom. The molecular weight excluding hydrogens is 272 g/mol. The molecule has 0 saturated carbocycles. The lowest BCUT2D eigenvalue weighted by atomic mass is 9.86. The maximum absolute atomic E-state index is 2.37. The lowest BCUT2D eigenvalue weighted by molar-refractivity contribution is 0.591. The summed E-state index contributed by atoms with van der Waals surface area (Å²) >= 11 is 1.91. The van der Waals surface area contributed by atoms with Gasteiger partial charge in [-0.25, -0.2) is 0 Å². The van der Waals surface area contributed by atoms with Crippen molar-refractivity contribution in [3.63, 3.8) is 0 Å². The van der Waals surface area contributed by atoms with Crippen molar-refractivity contribution in [2.45, 2.75) is 26.2 Å². The van der Waals surface area contributed by atoms with Crippen LogP contribution in [0, 0.1) is 0 Å². The van der Waals surface area contributed by atoms with E-state index in [-0.39, 0.29) is 5.41 Å². The minimum absolute atomic E-state index is 0.201. The lowest BCUT2D eigenvalue weighted by Gasteiger charge is -2.18. The molecule has 0 bridgehead atoms. The fraction of sp³-hybridized carbons (Fsp3) is 0.200. The molecule has 4 aromatic rings. The number of benzene rings is 3. The number of hydrogen-bond acceptors (Lipinski definition) is 1. The highest BCUT2D eigenvalue weighted by molar-refractivity contribution is 7.26. The summed E-state index contributed by atoms with van der Waals surface area (Å²) in [5, 5.41) is 5.49. The highest BCUT2D eigenvalue weighted by atomic mass is 32.1. The topological polar surface area (TPSA) is 0 Å². The van der Waals surface area contributed by atoms with E-state index < -0.39 is 0 Å². The minimum atomic E-state index is 0.201. The van der Waals surface area contributed by atoms with Crippen LogP contribution in [0.1, 0.15) is 26.3 Å². The van der Waals surface area contributed by atoms with Gasteiger partial charge < -0.3 is 0 Å². The summed E-state index contributed by atoms with van der Waals surface area (Å²) < 4.78 is 2.78. The largest absolute Gasteiger partial charge is 0.135 e. The van der Waals surface area contributed by atoms with E-state index in [1.807, 2.05) is 11.3 Å². The molecule has 4 rings (SSSR count). The van der Waals surface area contributed by atoms with Gasteiger partial charge in [0.2, 0.25) is 0 Å². The van der Waals surface area contributed by atoms with Crippen LogP contribution in [0.3, 0.4) is 0 Å². The van der Waals surface area contributed by atoms with E-state index in [1.54, 1.807) is 0 Å². The van der Waals surface area contributed by atoms with Gasteiger partial charge in [0.05, 0.1) is 0 Å². The van der Waals surface area contributed by atoms with Crippen LogP contribution in [0.2, 0.25) is 0 Å². The average Bonchev–Trinajstić information content (AvgIpc) is 2.84. The first-order chi connectivity index (χ1) is 10.0. The van der Waals surface area contributed by atoms with Gasteiger partial charge in [-0.15, -0.1) is 11.3 Å². The lowest BCUT2D eigenvalue weighted by Crippen LogP contribution is -2.10. The van der Waals surface area contributed by atoms with Crippen LogP contribution < -0.4 is 0 Å². The molecule has 0 spiro atoms. The van der Waals surface area contributed by atoms with E-state index in [1.165, 1.54) is 36.5 Å². The van der Waals surface area contributed by atoms with Gasteiger partial charge in [0.1, 0.15) is 0 Å². The molecule has 21 heavy (non-hydrogen) atoms. The zero-order valence-corrected chi connectivity index (χ0v) is 13.4. The first kappa shape index (κ1) is 12.8. The quantitative estimate of drug-likeness (QED) is 0.346. The van der Waals surface area contributed by atoms with Gasteiger partial charge in [-0.2, -0.15) is 0 Å². The maximum Gasteiger partial charge on any atom is 0.0361 e. The molecule has 104 valence electrons. The summed E-state index contributed by atoms with van der Waals surface area (Å²) in [6.45, 7) is 6.82. The predicted octanol–water partition coefficient (Wildman–Crippen LogP) is 6.51. The number of rotatable bonds is 0. The molecule has 3 aromatic carbocycles. The summed E-state index contributed by atoms with van der Waals surface area (Å²) in [6.07, 6.45) is 0. The molecule has 0 atom stereocenters. The first-order valence-electron chi connectivity index (χ1n) is 7.38. The Balaban J connectivity index is 2.14. The Kier molecular flexibility index (Phi) is 2.64. The zero-order valence-electron chi connectivity index (χ0n) is 12.6. The van der Waals surface area contributed by atoms with Crippen LogP contribution in [0.5, 0.6) is 0 Å². The molecule has 1 heteroatoms. The Labute approximate surface area is 129 Å². The summed E-state index contributed by atoms with van der Waals surface area (Å²) in [4.78, 5) is 0. The van der Waals surface area contributed by atoms with Gasteiger partial charge in [0, 0.05) is 20.2 Å². The second-order valence-electron chi connectivity index (χ2n) is 6.72. The predicted molar refractivity (Wildman–Crippen MR) is 95.5 cm³/mol. The van der Waals surface area contributed by atoms with Crippen LogP contribution in [-0.2, 0) is 5.41 Å². The summed E-state index contributed by atoms with van der Waals surface area (Å²) in [5.41, 5.74) is 1.61. The highest BCUT2D eigenvalue weighted by Gasteiger charge is 2.16. The highest BCUT2D eigenvalue weighted by Crippen LogP contribution is 2.39. The van der Waals surface area contributed by atoms with Crippen molar-refractivity contribution >= 4 is 42.3 Å². The zero-order chi connectivity index (χ0) is 14.6. The summed E-state index contributed by atoms with van der Waals surface area (Å²) in [7, 11) is 0. The summed E-state index contributed by atoms with van der Waals surface area (Å²) in [5.74, 6) is 0. The van der Waals surface area contributed by atoms with Crippen molar-refractivity contribution in [1.29, 1.82) is 0 Å². The summed E-state index contributed by atoms with van der Waals surface area (Å²) in [6, 6.07) is 20.1. The Morgan fingerprint density at radius 3 is 2.38 bits per heavy atom. The molecule has 1 aromatic heterocycles. The Bertz CT molecular complexity index is 968. The molecule has 0 amide bonds. The van der Waals surface area contributed by atoms with Crippen molar-refractivity contribution in [1.82, 2.24) is 0 Å². The van der Waals surface area contributed by atoms with Gasteiger partial charge in [-0.05, 0) is 33.9 Å². The van der Waals surface area contributed by atoms with Gasteiger partial charge in [0.15, 0.2) is 0 Å². The minimum Gasteiger partial charge on any atom is -0.135 e. The molecule has 0 fully saturated rings. The Morgan fingerprint density at radius 2 is 1.57 bits per heavy atom. The van der Waals surface area contributed by atoms with E-state index in [0.717, 1.165) is 0 Å². The van der Waals surface area contributed by atoms with Crippen molar-refractivity contribution in [3.8, 4) is 0 Å². The average molecular weight is 290 g/mol. The van der Waals surface area contributed by atoms with E-state index in [0.29, 0.717) is 0 Å². The second kappa shape index (κ2) is 4.32. The molecule has 0 aliphatic carbocycles. The fourth-order valence-electron chi connectivity index (χ4n) is 3.01. The molecule has 0 N–H and O–H groups in total. The van der Waals surface area contributed by atoms with Crippen molar-refractivity contribution in [2.75, 3.05) is 0 Å². The van der Waals surface area contributed by atoms with Crippen LogP contribution in [0.4, 0.5) is 0 Å². The van der Waals surface area contributed by atoms with E-state index in [4.69, 9.17) is 0 Å². The van der Waals surface area contributed by atoms with Gasteiger partial charge >= 0.3 is 0 Å². The molecule has 1 heterocycles. The number of fused-ring (bicyclic) bond motifs is 5. The fourth-order valence-corrected chi connectivity index (χ4v) is 4.17. The molecule has 0 unspecified atom stereocenters. The molecule has 0 radical (unpaired) electrons. The molecule has 0 saturated heterocycles.